The molecular weight excluding hydrogens is 1060 g/mol. The molecule has 22 nitrogen and oxygen atoms in total. The van der Waals surface area contributed by atoms with E-state index in [-0.39, 0.29) is 0 Å². The van der Waals surface area contributed by atoms with Gasteiger partial charge in [-0.2, -0.15) is 76.6 Å². The van der Waals surface area contributed by atoms with Crippen molar-refractivity contribution in [3.63, 3.8) is 0 Å². The molecule has 482 valence electrons. The Morgan fingerprint density at radius 3 is 1.41 bits per heavy atom. The molecule has 0 radical (unpaired) electrons. The molecule has 85 heavy (non-hydrogen) atoms. The Kier molecular flexibility index (Phi) is 35.4. The summed E-state index contributed by atoms with van der Waals surface area (Å²) < 4.78 is 0. The van der Waals surface area contributed by atoms with Crippen molar-refractivity contribution in [2.24, 2.45) is 122 Å². The van der Waals surface area contributed by atoms with Crippen LogP contribution in [-0.4, -0.2) is 139 Å². The Balaban J connectivity index is 0.000000201. The average Bonchev–Trinajstić information content (AvgIpc) is 4.56. The standard InChI is InChI=1S/C8H14N2.2C7H12N2.C7H14N2.C6H12N2.4C5H10N2.2C4H8N2/c1-2-4-8(5-3-1)6-9-10-7-8;1-2-4-7(3-1)5-8-9-6-7;1-2-4-7-6(3-1)5-8-9-7;1-3-7(4-2)5-8-9-6-7;1-3-6-4-7-8-5(6)2;1-5(2)3-6-7-4-5;1-2-5-3-6-7-4-5;2*1-2-5-3-4-6-7-5;1-4-2-5-6-3-4;1-4-2-3-5-6-4/h1-7H2;1-6H2;6,8H,1-5H2;3-6H2,1-2H3;6-7H,3-4H2,1-2H3;3-4H2,1-2H3;3,5,7H,2,4H2,1H3;6H,2-4H2,1H3;4-5,7H,2-3H2,1H3;2,4,6H,3H2,1H3;5H,2-3H2,1H3. The molecule has 11 heterocycles. The predicted molar refractivity (Wildman–Crippen MR) is 356 cm³/mol. The lowest BCUT2D eigenvalue weighted by Crippen LogP contribution is -2.27. The van der Waals surface area contributed by atoms with Crippen LogP contribution in [0.1, 0.15) is 217 Å². The molecule has 0 aromatic heterocycles. The Hall–Kier alpha value is -5.31. The van der Waals surface area contributed by atoms with Crippen LogP contribution in [0.5, 0.6) is 0 Å². The van der Waals surface area contributed by atoms with Gasteiger partial charge in [0.05, 0.1) is 52.4 Å². The maximum atomic E-state index is 4.22. The molecule has 14 aliphatic rings. The molecular formula is C63H120N22. The fourth-order valence-corrected chi connectivity index (χ4v) is 11.2. The highest BCUT2D eigenvalue weighted by Crippen LogP contribution is 2.41. The summed E-state index contributed by atoms with van der Waals surface area (Å²) in [7, 11) is 0. The van der Waals surface area contributed by atoms with Crippen LogP contribution in [0.2, 0.25) is 0 Å². The minimum Gasteiger partial charge on any atom is -0.310 e. The van der Waals surface area contributed by atoms with Gasteiger partial charge in [0, 0.05) is 151 Å². The van der Waals surface area contributed by atoms with Crippen molar-refractivity contribution in [3.05, 3.63) is 0 Å². The summed E-state index contributed by atoms with van der Waals surface area (Å²) in [5.74, 6) is 2.85. The van der Waals surface area contributed by atoms with Crippen LogP contribution in [0.15, 0.2) is 76.6 Å². The third-order valence-electron chi connectivity index (χ3n) is 18.2. The van der Waals surface area contributed by atoms with Crippen LogP contribution < -0.4 is 38.0 Å². The number of hydrogen-bond donors (Lipinski definition) is 7. The number of nitrogens with zero attached hydrogens (tertiary/aromatic N) is 15. The van der Waals surface area contributed by atoms with E-state index >= 15 is 0 Å². The third-order valence-corrected chi connectivity index (χ3v) is 18.2. The fourth-order valence-electron chi connectivity index (χ4n) is 11.2. The first-order valence-corrected chi connectivity index (χ1v) is 33.5. The van der Waals surface area contributed by atoms with Crippen LogP contribution in [0.25, 0.3) is 0 Å². The van der Waals surface area contributed by atoms with Gasteiger partial charge in [0.15, 0.2) is 0 Å². The molecule has 0 aromatic rings. The molecule has 0 bridgehead atoms. The quantitative estimate of drug-likeness (QED) is 0.135. The zero-order valence-electron chi connectivity index (χ0n) is 55.3. The van der Waals surface area contributed by atoms with E-state index < -0.39 is 0 Å². The molecule has 14 rings (SSSR count). The first-order valence-electron chi connectivity index (χ1n) is 33.5. The Morgan fingerprint density at radius 2 is 1.08 bits per heavy atom. The van der Waals surface area contributed by atoms with Gasteiger partial charge < -0.3 is 38.0 Å². The van der Waals surface area contributed by atoms with Gasteiger partial charge in [-0.15, -0.1) is 0 Å². The summed E-state index contributed by atoms with van der Waals surface area (Å²) in [6.07, 6.45) is 34.3. The maximum Gasteiger partial charge on any atom is 0.0673 e. The lowest BCUT2D eigenvalue weighted by atomic mass is 9.75. The highest BCUT2D eigenvalue weighted by atomic mass is 15.3. The van der Waals surface area contributed by atoms with E-state index in [1.165, 1.54) is 138 Å². The minimum atomic E-state index is 0.361. The van der Waals surface area contributed by atoms with Crippen LogP contribution >= 0.6 is 0 Å². The third kappa shape index (κ3) is 29.3. The van der Waals surface area contributed by atoms with Crippen molar-refractivity contribution in [2.45, 2.75) is 223 Å². The van der Waals surface area contributed by atoms with E-state index in [0.29, 0.717) is 45.5 Å². The molecule has 22 heteroatoms. The topological polar surface area (TPSA) is 270 Å². The summed E-state index contributed by atoms with van der Waals surface area (Å²) in [5.41, 5.74) is 27.6. The molecule has 11 aliphatic heterocycles. The molecule has 7 N–H and O–H groups in total. The molecule has 3 saturated carbocycles. The van der Waals surface area contributed by atoms with Gasteiger partial charge in [-0.25, -0.2) is 0 Å². The minimum absolute atomic E-state index is 0.361. The number of hydrazone groups is 7. The molecule has 5 unspecified atom stereocenters. The predicted octanol–water partition coefficient (Wildman–Crippen LogP) is 12.9. The number of azo groups is 4. The van der Waals surface area contributed by atoms with Crippen molar-refractivity contribution in [3.8, 4) is 0 Å². The zero-order chi connectivity index (χ0) is 61.3. The lowest BCUT2D eigenvalue weighted by molar-refractivity contribution is 0.231. The second-order valence-electron chi connectivity index (χ2n) is 26.1. The Labute approximate surface area is 514 Å². The van der Waals surface area contributed by atoms with Crippen LogP contribution in [0.4, 0.5) is 0 Å². The van der Waals surface area contributed by atoms with Gasteiger partial charge in [-0.3, -0.25) is 0 Å². The molecule has 3 aliphatic carbocycles. The van der Waals surface area contributed by atoms with Gasteiger partial charge in [0.25, 0.3) is 0 Å². The number of hydrogen-bond acceptors (Lipinski definition) is 22. The largest absolute Gasteiger partial charge is 0.310 e. The Bertz CT molecular complexity index is 2080. The van der Waals surface area contributed by atoms with E-state index in [1.807, 2.05) is 25.6 Å². The molecule has 0 amide bonds. The second-order valence-corrected chi connectivity index (χ2v) is 26.1. The van der Waals surface area contributed by atoms with Crippen LogP contribution in [0, 0.1) is 45.3 Å². The zero-order valence-corrected chi connectivity index (χ0v) is 55.3. The van der Waals surface area contributed by atoms with Crippen molar-refractivity contribution < 1.29 is 0 Å². The number of nitrogens with one attached hydrogen (secondary N) is 7. The van der Waals surface area contributed by atoms with E-state index in [4.69, 9.17) is 0 Å². The Morgan fingerprint density at radius 1 is 0.506 bits per heavy atom. The van der Waals surface area contributed by atoms with Gasteiger partial charge in [-0.05, 0) is 97.3 Å². The first-order chi connectivity index (χ1) is 41.3. The van der Waals surface area contributed by atoms with Gasteiger partial charge in [-0.1, -0.05) is 101 Å². The number of fused-ring (bicyclic) bond motifs is 1. The fraction of sp³-hybridized carbons (Fsp3) is 0.889. The molecule has 0 aromatic carbocycles. The van der Waals surface area contributed by atoms with Crippen molar-refractivity contribution >= 4 is 41.5 Å². The molecule has 2 spiro atoms. The van der Waals surface area contributed by atoms with Gasteiger partial charge in [0.1, 0.15) is 0 Å². The van der Waals surface area contributed by atoms with Crippen LogP contribution in [-0.2, 0) is 0 Å². The maximum absolute atomic E-state index is 4.22. The van der Waals surface area contributed by atoms with Crippen LogP contribution in [0.3, 0.4) is 0 Å². The monoisotopic (exact) mass is 1190 g/mol. The summed E-state index contributed by atoms with van der Waals surface area (Å²) in [6.45, 7) is 37.8. The summed E-state index contributed by atoms with van der Waals surface area (Å²) in [4.78, 5) is 0. The average molecular weight is 1190 g/mol. The van der Waals surface area contributed by atoms with E-state index in [1.54, 1.807) is 0 Å². The first kappa shape index (κ1) is 72.2. The number of rotatable bonds is 6. The normalized spacial score (nSPS) is 27.0. The van der Waals surface area contributed by atoms with E-state index in [9.17, 15) is 0 Å². The highest BCUT2D eigenvalue weighted by Gasteiger charge is 2.37. The summed E-state index contributed by atoms with van der Waals surface area (Å²) in [6, 6.07) is 0.625. The lowest BCUT2D eigenvalue weighted by Gasteiger charge is -2.30. The SMILES string of the molecule is C1CCC2(C1)CN=NC2.C1CCC2(CC1)CN=NC2.C1CCC2CNN=C2C1.CC1(C)CN=NC1.CC1=NNCC1.CC1C=NNC1.CCC1(CC)CN=NC1.CCC1=NNCC1.CCC1C=NNC1.CCC1CC=NN1.CCC1CNN=C1C. The van der Waals surface area contributed by atoms with Gasteiger partial charge >= 0.3 is 0 Å². The molecule has 5 atom stereocenters. The van der Waals surface area contributed by atoms with E-state index in [2.05, 4.69) is 184 Å². The summed E-state index contributed by atoms with van der Waals surface area (Å²) in [5, 5.41) is 59.7. The van der Waals surface area contributed by atoms with Gasteiger partial charge in [0.2, 0.25) is 0 Å². The van der Waals surface area contributed by atoms with Crippen molar-refractivity contribution in [2.75, 3.05) is 91.6 Å². The second kappa shape index (κ2) is 41.7. The smallest absolute Gasteiger partial charge is 0.0673 e. The van der Waals surface area contributed by atoms with Crippen molar-refractivity contribution in [1.82, 2.24) is 38.0 Å². The molecule has 3 fully saturated rings. The highest BCUT2D eigenvalue weighted by molar-refractivity contribution is 5.88. The van der Waals surface area contributed by atoms with Crippen molar-refractivity contribution in [1.29, 1.82) is 0 Å². The van der Waals surface area contributed by atoms with E-state index in [0.717, 1.165) is 123 Å². The molecule has 0 saturated heterocycles. The summed E-state index contributed by atoms with van der Waals surface area (Å²) >= 11 is 0.